The first-order chi connectivity index (χ1) is 6.20. The zero-order valence-corrected chi connectivity index (χ0v) is 7.12. The molecule has 3 heteroatoms. The smallest absolute Gasteiger partial charge is 0.261 e. The lowest BCUT2D eigenvalue weighted by molar-refractivity contribution is 0.637. The number of fused-ring (bicyclic) bond motifs is 1. The summed E-state index contributed by atoms with van der Waals surface area (Å²) in [7, 11) is 1.61. The second-order valence-electron chi connectivity index (χ2n) is 2.94. The maximum absolute atomic E-state index is 13.2. The molecule has 13 heavy (non-hydrogen) atoms. The van der Waals surface area contributed by atoms with Crippen molar-refractivity contribution in [1.29, 1.82) is 0 Å². The molecule has 2 aromatic rings. The van der Waals surface area contributed by atoms with Crippen LogP contribution in [0.4, 0.5) is 4.39 Å². The zero-order valence-electron chi connectivity index (χ0n) is 7.12. The third-order valence-corrected chi connectivity index (χ3v) is 2.06. The van der Waals surface area contributed by atoms with Gasteiger partial charge in [-0.3, -0.25) is 4.79 Å². The molecule has 0 fully saturated rings. The van der Waals surface area contributed by atoms with Crippen molar-refractivity contribution in [2.24, 2.45) is 7.05 Å². The highest BCUT2D eigenvalue weighted by Crippen LogP contribution is 2.12. The van der Waals surface area contributed by atoms with Crippen molar-refractivity contribution >= 4 is 10.8 Å². The van der Waals surface area contributed by atoms with Gasteiger partial charge in [0.2, 0.25) is 0 Å². The van der Waals surface area contributed by atoms with Crippen molar-refractivity contribution in [3.63, 3.8) is 0 Å². The van der Waals surface area contributed by atoms with E-state index in [0.717, 1.165) is 0 Å². The third-order valence-electron chi connectivity index (χ3n) is 2.06. The molecule has 0 aliphatic heterocycles. The van der Waals surface area contributed by atoms with E-state index in [4.69, 9.17) is 0 Å². The number of benzene rings is 1. The molecule has 2 rings (SSSR count). The van der Waals surface area contributed by atoms with Gasteiger partial charge in [0.05, 0.1) is 5.39 Å². The first kappa shape index (κ1) is 7.98. The Kier molecular flexibility index (Phi) is 1.65. The van der Waals surface area contributed by atoms with Crippen molar-refractivity contribution < 1.29 is 4.39 Å². The first-order valence-corrected chi connectivity index (χ1v) is 3.94. The third kappa shape index (κ3) is 1.13. The maximum atomic E-state index is 13.2. The van der Waals surface area contributed by atoms with Crippen LogP contribution in [-0.2, 0) is 7.05 Å². The summed E-state index contributed by atoms with van der Waals surface area (Å²) in [6.45, 7) is 0. The van der Waals surface area contributed by atoms with Crippen LogP contribution in [0.5, 0.6) is 0 Å². The van der Waals surface area contributed by atoms with E-state index < -0.39 is 5.82 Å². The summed E-state index contributed by atoms with van der Waals surface area (Å²) in [5.74, 6) is -0.460. The van der Waals surface area contributed by atoms with Crippen molar-refractivity contribution in [3.05, 3.63) is 46.6 Å². The average molecular weight is 177 g/mol. The van der Waals surface area contributed by atoms with Gasteiger partial charge in [0.25, 0.3) is 5.56 Å². The fraction of sp³-hybridized carbons (Fsp3) is 0.100. The van der Waals surface area contributed by atoms with Gasteiger partial charge in [-0.25, -0.2) is 4.39 Å². The van der Waals surface area contributed by atoms with Gasteiger partial charge in [0.15, 0.2) is 0 Å². The predicted molar refractivity (Wildman–Crippen MR) is 49.1 cm³/mol. The Morgan fingerprint density at radius 2 is 2.08 bits per heavy atom. The van der Waals surface area contributed by atoms with E-state index >= 15 is 0 Å². The van der Waals surface area contributed by atoms with Crippen LogP contribution in [0, 0.1) is 5.82 Å². The van der Waals surface area contributed by atoms with Crippen LogP contribution in [0.2, 0.25) is 0 Å². The normalized spacial score (nSPS) is 10.6. The Balaban J connectivity index is 3.06. The van der Waals surface area contributed by atoms with Gasteiger partial charge < -0.3 is 4.57 Å². The summed E-state index contributed by atoms with van der Waals surface area (Å²) >= 11 is 0. The SMILES string of the molecule is Cn1ccc2cccc(F)c2c1=O. The topological polar surface area (TPSA) is 22.0 Å². The number of pyridine rings is 1. The molecule has 1 heterocycles. The first-order valence-electron chi connectivity index (χ1n) is 3.94. The highest BCUT2D eigenvalue weighted by Gasteiger charge is 2.04. The second-order valence-corrected chi connectivity index (χ2v) is 2.94. The lowest BCUT2D eigenvalue weighted by Gasteiger charge is -2.00. The van der Waals surface area contributed by atoms with E-state index in [1.807, 2.05) is 0 Å². The number of hydrogen-bond acceptors (Lipinski definition) is 1. The van der Waals surface area contributed by atoms with Gasteiger partial charge in [-0.05, 0) is 17.5 Å². The van der Waals surface area contributed by atoms with Crippen LogP contribution in [0.25, 0.3) is 10.8 Å². The van der Waals surface area contributed by atoms with Gasteiger partial charge in [0, 0.05) is 13.2 Å². The Labute approximate surface area is 74.2 Å². The van der Waals surface area contributed by atoms with E-state index in [1.165, 1.54) is 10.6 Å². The molecule has 0 N–H and O–H groups in total. The molecule has 0 atom stereocenters. The van der Waals surface area contributed by atoms with E-state index in [1.54, 1.807) is 31.4 Å². The van der Waals surface area contributed by atoms with Crippen molar-refractivity contribution in [2.45, 2.75) is 0 Å². The molecule has 0 amide bonds. The van der Waals surface area contributed by atoms with Crippen molar-refractivity contribution in [1.82, 2.24) is 4.57 Å². The average Bonchev–Trinajstić information content (AvgIpc) is 2.12. The number of nitrogens with zero attached hydrogens (tertiary/aromatic N) is 1. The summed E-state index contributed by atoms with van der Waals surface area (Å²) in [5.41, 5.74) is -0.296. The highest BCUT2D eigenvalue weighted by molar-refractivity contribution is 5.81. The standard InChI is InChI=1S/C10H8FNO/c1-12-6-5-7-3-2-4-8(11)9(7)10(12)13/h2-6H,1H3. The van der Waals surface area contributed by atoms with Crippen LogP contribution >= 0.6 is 0 Å². The van der Waals surface area contributed by atoms with Gasteiger partial charge in [-0.1, -0.05) is 12.1 Å². The van der Waals surface area contributed by atoms with E-state index in [-0.39, 0.29) is 10.9 Å². The lowest BCUT2D eigenvalue weighted by Crippen LogP contribution is -2.16. The molecule has 0 aliphatic rings. The van der Waals surface area contributed by atoms with Crippen LogP contribution < -0.4 is 5.56 Å². The monoisotopic (exact) mass is 177 g/mol. The van der Waals surface area contributed by atoms with Crippen molar-refractivity contribution in [3.8, 4) is 0 Å². The van der Waals surface area contributed by atoms with E-state index in [2.05, 4.69) is 0 Å². The Morgan fingerprint density at radius 1 is 1.31 bits per heavy atom. The van der Waals surface area contributed by atoms with Crippen LogP contribution in [-0.4, -0.2) is 4.57 Å². The fourth-order valence-corrected chi connectivity index (χ4v) is 1.34. The number of hydrogen-bond donors (Lipinski definition) is 0. The quantitative estimate of drug-likeness (QED) is 0.600. The summed E-state index contributed by atoms with van der Waals surface area (Å²) in [6, 6.07) is 6.33. The van der Waals surface area contributed by atoms with Crippen LogP contribution in [0.3, 0.4) is 0 Å². The van der Waals surface area contributed by atoms with E-state index in [0.29, 0.717) is 5.39 Å². The highest BCUT2D eigenvalue weighted by atomic mass is 19.1. The van der Waals surface area contributed by atoms with Gasteiger partial charge in [-0.15, -0.1) is 0 Å². The summed E-state index contributed by atoms with van der Waals surface area (Å²) in [6.07, 6.45) is 1.63. The van der Waals surface area contributed by atoms with Gasteiger partial charge in [0.1, 0.15) is 5.82 Å². The Hall–Kier alpha value is -1.64. The number of halogens is 1. The number of rotatable bonds is 0. The number of aromatic nitrogens is 1. The zero-order chi connectivity index (χ0) is 9.42. The molecule has 0 spiro atoms. The molecular formula is C10H8FNO. The molecule has 1 aromatic heterocycles. The number of aryl methyl sites for hydroxylation is 1. The minimum absolute atomic E-state index is 0.160. The molecular weight excluding hydrogens is 169 g/mol. The van der Waals surface area contributed by atoms with Gasteiger partial charge in [-0.2, -0.15) is 0 Å². The molecule has 2 nitrogen and oxygen atoms in total. The summed E-state index contributed by atoms with van der Waals surface area (Å²) in [4.78, 5) is 11.5. The molecule has 0 saturated heterocycles. The minimum atomic E-state index is -0.460. The molecule has 0 bridgehead atoms. The molecule has 0 radical (unpaired) electrons. The largest absolute Gasteiger partial charge is 0.318 e. The Morgan fingerprint density at radius 3 is 2.85 bits per heavy atom. The second kappa shape index (κ2) is 2.69. The van der Waals surface area contributed by atoms with Gasteiger partial charge >= 0.3 is 0 Å². The summed E-state index contributed by atoms with van der Waals surface area (Å²) < 4.78 is 14.6. The van der Waals surface area contributed by atoms with Crippen molar-refractivity contribution in [2.75, 3.05) is 0 Å². The van der Waals surface area contributed by atoms with E-state index in [9.17, 15) is 9.18 Å². The maximum Gasteiger partial charge on any atom is 0.261 e. The molecule has 66 valence electrons. The molecule has 0 unspecified atom stereocenters. The minimum Gasteiger partial charge on any atom is -0.318 e. The van der Waals surface area contributed by atoms with Crippen LogP contribution in [0.1, 0.15) is 0 Å². The fourth-order valence-electron chi connectivity index (χ4n) is 1.34. The predicted octanol–water partition coefficient (Wildman–Crippen LogP) is 1.68. The lowest BCUT2D eigenvalue weighted by atomic mass is 10.2. The molecule has 1 aromatic carbocycles. The summed E-state index contributed by atoms with van der Waals surface area (Å²) in [5, 5.41) is 0.801. The molecule has 0 aliphatic carbocycles. The van der Waals surface area contributed by atoms with Crippen LogP contribution in [0.15, 0.2) is 35.3 Å². The molecule has 0 saturated carbocycles. The Bertz CT molecular complexity index is 516.